The minimum Gasteiger partial charge on any atom is -0.506 e. The summed E-state index contributed by atoms with van der Waals surface area (Å²) in [4.78, 5) is 12.0. The summed E-state index contributed by atoms with van der Waals surface area (Å²) in [5.41, 5.74) is 1.33. The van der Waals surface area contributed by atoms with Crippen LogP contribution in [-0.2, 0) is 4.74 Å². The summed E-state index contributed by atoms with van der Waals surface area (Å²) in [5.74, 6) is 0.700. The molecular formula is C17H18O4. The van der Waals surface area contributed by atoms with Gasteiger partial charge >= 0.3 is 5.97 Å². The highest BCUT2D eigenvalue weighted by molar-refractivity contribution is 6.03. The van der Waals surface area contributed by atoms with Gasteiger partial charge in [-0.2, -0.15) is 0 Å². The number of ether oxygens (including phenoxy) is 2. The number of hydrogen-bond acceptors (Lipinski definition) is 4. The fourth-order valence-corrected chi connectivity index (χ4v) is 2.64. The summed E-state index contributed by atoms with van der Waals surface area (Å²) in [5, 5.41) is 12.0. The Morgan fingerprint density at radius 3 is 2.67 bits per heavy atom. The van der Waals surface area contributed by atoms with Crippen LogP contribution < -0.4 is 4.74 Å². The molecule has 0 aromatic heterocycles. The molecule has 1 fully saturated rings. The second-order valence-electron chi connectivity index (χ2n) is 5.27. The number of esters is 1. The molecule has 2 aromatic carbocycles. The number of carbonyl (C=O) groups is 1. The van der Waals surface area contributed by atoms with Crippen molar-refractivity contribution in [3.05, 3.63) is 35.4 Å². The van der Waals surface area contributed by atoms with Crippen LogP contribution in [0, 0.1) is 0 Å². The Labute approximate surface area is 123 Å². The summed E-state index contributed by atoms with van der Waals surface area (Å²) in [7, 11) is 1.62. The van der Waals surface area contributed by atoms with Gasteiger partial charge in [-0.15, -0.1) is 0 Å². The molecule has 0 aliphatic heterocycles. The lowest BCUT2D eigenvalue weighted by molar-refractivity contribution is 0.0523. The molecule has 4 heteroatoms. The SMILES string of the molecule is CCOC(=O)c1cc(C2CC2)c2cc(OC)ccc2c1O. The molecule has 1 aliphatic carbocycles. The first-order valence-electron chi connectivity index (χ1n) is 7.16. The Kier molecular flexibility index (Phi) is 3.45. The molecule has 4 nitrogen and oxygen atoms in total. The molecule has 0 saturated heterocycles. The van der Waals surface area contributed by atoms with Gasteiger partial charge in [0.15, 0.2) is 0 Å². The zero-order valence-electron chi connectivity index (χ0n) is 12.2. The summed E-state index contributed by atoms with van der Waals surface area (Å²) < 4.78 is 10.3. The third-order valence-corrected chi connectivity index (χ3v) is 3.86. The lowest BCUT2D eigenvalue weighted by Crippen LogP contribution is -2.06. The van der Waals surface area contributed by atoms with Crippen LogP contribution in [0.5, 0.6) is 11.5 Å². The summed E-state index contributed by atoms with van der Waals surface area (Å²) >= 11 is 0. The normalized spacial score (nSPS) is 14.2. The van der Waals surface area contributed by atoms with Gasteiger partial charge in [0.05, 0.1) is 13.7 Å². The molecule has 1 N–H and O–H groups in total. The third-order valence-electron chi connectivity index (χ3n) is 3.86. The predicted octanol–water partition coefficient (Wildman–Crippen LogP) is 3.61. The van der Waals surface area contributed by atoms with Crippen LogP contribution in [0.1, 0.15) is 41.6 Å². The van der Waals surface area contributed by atoms with E-state index in [1.165, 1.54) is 0 Å². The van der Waals surface area contributed by atoms with E-state index >= 15 is 0 Å². The van der Waals surface area contributed by atoms with Crippen LogP contribution in [0.2, 0.25) is 0 Å². The van der Waals surface area contributed by atoms with Crippen molar-refractivity contribution in [1.82, 2.24) is 0 Å². The molecule has 0 bridgehead atoms. The molecule has 1 aliphatic rings. The van der Waals surface area contributed by atoms with Gasteiger partial charge in [-0.3, -0.25) is 0 Å². The molecular weight excluding hydrogens is 268 g/mol. The molecule has 0 spiro atoms. The molecule has 0 amide bonds. The first-order chi connectivity index (χ1) is 10.2. The molecule has 0 unspecified atom stereocenters. The van der Waals surface area contributed by atoms with Crippen molar-refractivity contribution in [2.45, 2.75) is 25.7 Å². The van der Waals surface area contributed by atoms with Gasteiger partial charge in [-0.25, -0.2) is 4.79 Å². The van der Waals surface area contributed by atoms with Gasteiger partial charge in [0.1, 0.15) is 17.1 Å². The van der Waals surface area contributed by atoms with Gasteiger partial charge in [0, 0.05) is 5.39 Å². The molecule has 0 atom stereocenters. The van der Waals surface area contributed by atoms with E-state index < -0.39 is 5.97 Å². The number of methoxy groups -OCH3 is 1. The number of phenolic OH excluding ortho intramolecular Hbond substituents is 1. The van der Waals surface area contributed by atoms with Crippen molar-refractivity contribution < 1.29 is 19.4 Å². The van der Waals surface area contributed by atoms with Crippen LogP contribution in [0.3, 0.4) is 0 Å². The number of phenols is 1. The average Bonchev–Trinajstić information content (AvgIpc) is 3.32. The van der Waals surface area contributed by atoms with Gasteiger partial charge in [-0.1, -0.05) is 0 Å². The number of aromatic hydroxyl groups is 1. The maximum Gasteiger partial charge on any atom is 0.341 e. The van der Waals surface area contributed by atoms with Gasteiger partial charge in [-0.05, 0) is 60.9 Å². The van der Waals surface area contributed by atoms with E-state index in [1.807, 2.05) is 6.07 Å². The van der Waals surface area contributed by atoms with Crippen molar-refractivity contribution in [3.8, 4) is 11.5 Å². The Morgan fingerprint density at radius 2 is 2.05 bits per heavy atom. The molecule has 0 radical (unpaired) electrons. The first kappa shape index (κ1) is 13.7. The largest absolute Gasteiger partial charge is 0.506 e. The number of carbonyl (C=O) groups excluding carboxylic acids is 1. The second kappa shape index (κ2) is 5.28. The minimum atomic E-state index is -0.477. The van der Waals surface area contributed by atoms with Crippen LogP contribution in [-0.4, -0.2) is 24.8 Å². The highest BCUT2D eigenvalue weighted by atomic mass is 16.5. The Hall–Kier alpha value is -2.23. The quantitative estimate of drug-likeness (QED) is 0.872. The molecule has 2 aromatic rings. The van der Waals surface area contributed by atoms with Crippen LogP contribution in [0.4, 0.5) is 0 Å². The van der Waals surface area contributed by atoms with Gasteiger partial charge < -0.3 is 14.6 Å². The highest BCUT2D eigenvalue weighted by Crippen LogP contribution is 2.46. The number of hydrogen-bond donors (Lipinski definition) is 1. The van der Waals surface area contributed by atoms with Gasteiger partial charge in [0.25, 0.3) is 0 Å². The van der Waals surface area contributed by atoms with Crippen molar-refractivity contribution in [3.63, 3.8) is 0 Å². The van der Waals surface area contributed by atoms with E-state index in [0.717, 1.165) is 29.5 Å². The Balaban J connectivity index is 2.23. The predicted molar refractivity (Wildman–Crippen MR) is 80.1 cm³/mol. The first-order valence-corrected chi connectivity index (χ1v) is 7.16. The van der Waals surface area contributed by atoms with E-state index in [1.54, 1.807) is 32.2 Å². The van der Waals surface area contributed by atoms with E-state index in [2.05, 4.69) is 0 Å². The fourth-order valence-electron chi connectivity index (χ4n) is 2.64. The molecule has 1 saturated carbocycles. The number of rotatable bonds is 4. The van der Waals surface area contributed by atoms with Crippen LogP contribution in [0.15, 0.2) is 24.3 Å². The number of fused-ring (bicyclic) bond motifs is 1. The van der Waals surface area contributed by atoms with Crippen molar-refractivity contribution in [2.75, 3.05) is 13.7 Å². The van der Waals surface area contributed by atoms with Gasteiger partial charge in [0.2, 0.25) is 0 Å². The smallest absolute Gasteiger partial charge is 0.341 e. The van der Waals surface area contributed by atoms with Crippen LogP contribution in [0.25, 0.3) is 10.8 Å². The Bertz CT molecular complexity index is 701. The molecule has 3 rings (SSSR count). The lowest BCUT2D eigenvalue weighted by atomic mass is 9.96. The summed E-state index contributed by atoms with van der Waals surface area (Å²) in [6, 6.07) is 7.26. The van der Waals surface area contributed by atoms with Crippen molar-refractivity contribution in [2.24, 2.45) is 0 Å². The fraction of sp³-hybridized carbons (Fsp3) is 0.353. The maximum absolute atomic E-state index is 12.0. The van der Waals surface area contributed by atoms with E-state index in [9.17, 15) is 9.90 Å². The molecule has 0 heterocycles. The van der Waals surface area contributed by atoms with E-state index in [4.69, 9.17) is 9.47 Å². The topological polar surface area (TPSA) is 55.8 Å². The highest BCUT2D eigenvalue weighted by Gasteiger charge is 2.28. The van der Waals surface area contributed by atoms with E-state index in [-0.39, 0.29) is 17.9 Å². The van der Waals surface area contributed by atoms with E-state index in [0.29, 0.717) is 11.3 Å². The number of benzene rings is 2. The van der Waals surface area contributed by atoms with Crippen LogP contribution >= 0.6 is 0 Å². The summed E-state index contributed by atoms with van der Waals surface area (Å²) in [6.45, 7) is 2.04. The standard InChI is InChI=1S/C17H18O4/c1-3-21-17(19)15-9-13(10-4-5-10)14-8-11(20-2)6-7-12(14)16(15)18/h6-10,18H,3-5H2,1-2H3. The average molecular weight is 286 g/mol. The molecule has 21 heavy (non-hydrogen) atoms. The summed E-state index contributed by atoms with van der Waals surface area (Å²) in [6.07, 6.45) is 2.22. The van der Waals surface area contributed by atoms with Crippen molar-refractivity contribution >= 4 is 16.7 Å². The maximum atomic E-state index is 12.0. The lowest BCUT2D eigenvalue weighted by Gasteiger charge is -2.13. The second-order valence-corrected chi connectivity index (χ2v) is 5.27. The van der Waals surface area contributed by atoms with Crippen molar-refractivity contribution in [1.29, 1.82) is 0 Å². The molecule has 110 valence electrons. The monoisotopic (exact) mass is 286 g/mol. The minimum absolute atomic E-state index is 0.0181. The Morgan fingerprint density at radius 1 is 1.29 bits per heavy atom. The zero-order chi connectivity index (χ0) is 15.0. The zero-order valence-corrected chi connectivity index (χ0v) is 12.2. The third kappa shape index (κ3) is 2.42.